The summed E-state index contributed by atoms with van der Waals surface area (Å²) in [6.45, 7) is 2.45. The highest BCUT2D eigenvalue weighted by atomic mass is 16.2. The summed E-state index contributed by atoms with van der Waals surface area (Å²) in [7, 11) is 0. The minimum atomic E-state index is -0.389. The van der Waals surface area contributed by atoms with Gasteiger partial charge in [0.15, 0.2) is 0 Å². The van der Waals surface area contributed by atoms with Crippen molar-refractivity contribution in [2.75, 3.05) is 13.1 Å². The predicted octanol–water partition coefficient (Wildman–Crippen LogP) is -0.0848. The molecule has 1 unspecified atom stereocenters. The smallest absolute Gasteiger partial charge is 0.289 e. The normalized spacial score (nSPS) is 22.9. The van der Waals surface area contributed by atoms with Crippen molar-refractivity contribution in [1.82, 2.24) is 4.90 Å². The van der Waals surface area contributed by atoms with Crippen LogP contribution >= 0.6 is 0 Å². The molecule has 0 aromatic heterocycles. The van der Waals surface area contributed by atoms with Gasteiger partial charge in [0.2, 0.25) is 5.78 Å². The maximum Gasteiger partial charge on any atom is 0.289 e. The molecule has 1 fully saturated rings. The summed E-state index contributed by atoms with van der Waals surface area (Å²) in [5.41, 5.74) is 5.53. The van der Waals surface area contributed by atoms with Gasteiger partial charge in [0.25, 0.3) is 5.91 Å². The number of piperidine rings is 1. The SMILES string of the molecule is CC(=O)C(=O)N1CCCCC1CN. The van der Waals surface area contributed by atoms with E-state index < -0.39 is 0 Å². The van der Waals surface area contributed by atoms with Crippen LogP contribution in [0.5, 0.6) is 0 Å². The molecule has 1 aliphatic rings. The number of Topliss-reactive ketones (excluding diaryl/α,β-unsaturated/α-hetero) is 1. The lowest BCUT2D eigenvalue weighted by molar-refractivity contribution is -0.146. The van der Waals surface area contributed by atoms with E-state index in [2.05, 4.69) is 0 Å². The van der Waals surface area contributed by atoms with Gasteiger partial charge >= 0.3 is 0 Å². The van der Waals surface area contributed by atoms with Crippen molar-refractivity contribution in [1.29, 1.82) is 0 Å². The highest BCUT2D eigenvalue weighted by Gasteiger charge is 2.27. The lowest BCUT2D eigenvalue weighted by Crippen LogP contribution is -2.49. The molecule has 13 heavy (non-hydrogen) atoms. The first-order valence-corrected chi connectivity index (χ1v) is 4.68. The molecule has 0 saturated carbocycles. The van der Waals surface area contributed by atoms with Crippen LogP contribution in [-0.4, -0.2) is 35.7 Å². The summed E-state index contributed by atoms with van der Waals surface area (Å²) in [5.74, 6) is -0.768. The van der Waals surface area contributed by atoms with Crippen LogP contribution in [0.4, 0.5) is 0 Å². The van der Waals surface area contributed by atoms with Crippen molar-refractivity contribution >= 4 is 11.7 Å². The number of rotatable bonds is 2. The number of carbonyl (C=O) groups is 2. The third kappa shape index (κ3) is 2.28. The van der Waals surface area contributed by atoms with Crippen LogP contribution in [-0.2, 0) is 9.59 Å². The molecule has 0 bridgehead atoms. The lowest BCUT2D eigenvalue weighted by Gasteiger charge is -2.34. The van der Waals surface area contributed by atoms with Crippen molar-refractivity contribution < 1.29 is 9.59 Å². The molecule has 0 radical (unpaired) electrons. The average molecular weight is 184 g/mol. The van der Waals surface area contributed by atoms with Gasteiger partial charge < -0.3 is 10.6 Å². The molecule has 1 saturated heterocycles. The summed E-state index contributed by atoms with van der Waals surface area (Å²) < 4.78 is 0. The van der Waals surface area contributed by atoms with E-state index in [1.807, 2.05) is 0 Å². The number of hydrogen-bond donors (Lipinski definition) is 1. The molecule has 1 heterocycles. The number of nitrogens with zero attached hydrogens (tertiary/aromatic N) is 1. The molecule has 1 rings (SSSR count). The van der Waals surface area contributed by atoms with Gasteiger partial charge in [-0.15, -0.1) is 0 Å². The van der Waals surface area contributed by atoms with E-state index in [4.69, 9.17) is 5.73 Å². The lowest BCUT2D eigenvalue weighted by atomic mass is 10.0. The van der Waals surface area contributed by atoms with E-state index >= 15 is 0 Å². The molecule has 0 aromatic rings. The molecular formula is C9H16N2O2. The third-order valence-corrected chi connectivity index (χ3v) is 2.46. The van der Waals surface area contributed by atoms with Crippen LogP contribution in [0.15, 0.2) is 0 Å². The minimum absolute atomic E-state index is 0.0742. The van der Waals surface area contributed by atoms with E-state index in [-0.39, 0.29) is 17.7 Å². The van der Waals surface area contributed by atoms with Crippen LogP contribution < -0.4 is 5.73 Å². The van der Waals surface area contributed by atoms with E-state index in [9.17, 15) is 9.59 Å². The van der Waals surface area contributed by atoms with Gasteiger partial charge in [-0.05, 0) is 19.3 Å². The van der Waals surface area contributed by atoms with Crippen molar-refractivity contribution in [3.8, 4) is 0 Å². The molecule has 4 heteroatoms. The van der Waals surface area contributed by atoms with Crippen LogP contribution in [0, 0.1) is 0 Å². The topological polar surface area (TPSA) is 63.4 Å². The second kappa shape index (κ2) is 4.37. The molecule has 1 aliphatic heterocycles. The highest BCUT2D eigenvalue weighted by Crippen LogP contribution is 2.16. The van der Waals surface area contributed by atoms with E-state index in [1.54, 1.807) is 4.90 Å². The number of likely N-dealkylation sites (tertiary alicyclic amines) is 1. The largest absolute Gasteiger partial charge is 0.332 e. The number of nitrogens with two attached hydrogens (primary N) is 1. The van der Waals surface area contributed by atoms with Gasteiger partial charge in [-0.3, -0.25) is 9.59 Å². The molecule has 1 atom stereocenters. The van der Waals surface area contributed by atoms with Crippen LogP contribution in [0.1, 0.15) is 26.2 Å². The Morgan fingerprint density at radius 3 is 2.69 bits per heavy atom. The Morgan fingerprint density at radius 1 is 1.46 bits per heavy atom. The highest BCUT2D eigenvalue weighted by molar-refractivity contribution is 6.35. The maximum atomic E-state index is 11.4. The Labute approximate surface area is 78.1 Å². The van der Waals surface area contributed by atoms with Gasteiger partial charge in [-0.1, -0.05) is 0 Å². The van der Waals surface area contributed by atoms with Crippen molar-refractivity contribution in [2.24, 2.45) is 5.73 Å². The van der Waals surface area contributed by atoms with Crippen LogP contribution in [0.3, 0.4) is 0 Å². The molecule has 74 valence electrons. The Bertz CT molecular complexity index is 216. The van der Waals surface area contributed by atoms with Crippen molar-refractivity contribution in [2.45, 2.75) is 32.2 Å². The maximum absolute atomic E-state index is 11.4. The second-order valence-corrected chi connectivity index (χ2v) is 3.44. The van der Waals surface area contributed by atoms with Gasteiger partial charge in [0.1, 0.15) is 0 Å². The van der Waals surface area contributed by atoms with Crippen LogP contribution in [0.25, 0.3) is 0 Å². The molecule has 4 nitrogen and oxygen atoms in total. The molecule has 0 aliphatic carbocycles. The Balaban J connectivity index is 2.64. The fraction of sp³-hybridized carbons (Fsp3) is 0.778. The third-order valence-electron chi connectivity index (χ3n) is 2.46. The first-order valence-electron chi connectivity index (χ1n) is 4.68. The predicted molar refractivity (Wildman–Crippen MR) is 49.1 cm³/mol. The number of carbonyl (C=O) groups excluding carboxylic acids is 2. The zero-order chi connectivity index (χ0) is 9.84. The summed E-state index contributed by atoms with van der Waals surface area (Å²) in [4.78, 5) is 23.9. The summed E-state index contributed by atoms with van der Waals surface area (Å²) in [6.07, 6.45) is 3.01. The average Bonchev–Trinajstić information content (AvgIpc) is 2.16. The quantitative estimate of drug-likeness (QED) is 0.610. The van der Waals surface area contributed by atoms with E-state index in [1.165, 1.54) is 6.92 Å². The Hall–Kier alpha value is -0.900. The standard InChI is InChI=1S/C9H16N2O2/c1-7(12)9(13)11-5-3-2-4-8(11)6-10/h8H,2-6,10H2,1H3. The monoisotopic (exact) mass is 184 g/mol. The molecule has 1 amide bonds. The summed E-state index contributed by atoms with van der Waals surface area (Å²) in [5, 5.41) is 0. The first-order chi connectivity index (χ1) is 6.16. The number of ketones is 1. The van der Waals surface area contributed by atoms with Gasteiger partial charge in [-0.2, -0.15) is 0 Å². The summed E-state index contributed by atoms with van der Waals surface area (Å²) >= 11 is 0. The first kappa shape index (κ1) is 10.2. The van der Waals surface area contributed by atoms with Crippen LogP contribution in [0.2, 0.25) is 0 Å². The molecule has 2 N–H and O–H groups in total. The Kier molecular flexibility index (Phi) is 3.42. The fourth-order valence-corrected chi connectivity index (χ4v) is 1.72. The van der Waals surface area contributed by atoms with Gasteiger partial charge in [0.05, 0.1) is 0 Å². The minimum Gasteiger partial charge on any atom is -0.332 e. The summed E-state index contributed by atoms with van der Waals surface area (Å²) in [6, 6.07) is 0.0742. The zero-order valence-corrected chi connectivity index (χ0v) is 7.95. The van der Waals surface area contributed by atoms with Gasteiger partial charge in [-0.25, -0.2) is 0 Å². The number of hydrogen-bond acceptors (Lipinski definition) is 3. The fourth-order valence-electron chi connectivity index (χ4n) is 1.72. The van der Waals surface area contributed by atoms with E-state index in [0.717, 1.165) is 19.3 Å². The van der Waals surface area contributed by atoms with Crippen molar-refractivity contribution in [3.63, 3.8) is 0 Å². The van der Waals surface area contributed by atoms with Crippen molar-refractivity contribution in [3.05, 3.63) is 0 Å². The number of amides is 1. The molecule has 0 aromatic carbocycles. The molecule has 0 spiro atoms. The Morgan fingerprint density at radius 2 is 2.15 bits per heavy atom. The van der Waals surface area contributed by atoms with E-state index in [0.29, 0.717) is 13.1 Å². The zero-order valence-electron chi connectivity index (χ0n) is 7.95. The second-order valence-electron chi connectivity index (χ2n) is 3.44. The van der Waals surface area contributed by atoms with Gasteiger partial charge in [0, 0.05) is 26.1 Å². The molecular weight excluding hydrogens is 168 g/mol.